The lowest BCUT2D eigenvalue weighted by molar-refractivity contribution is -0.132. The SMILES string of the molecule is CCCCCCN(CCCCCC)C(=O)C1CC1c1ccc(C2CCCCC2)c(Cl)c1. The van der Waals surface area contributed by atoms with Crippen molar-refractivity contribution in [2.75, 3.05) is 13.1 Å². The standard InChI is InChI=1S/C28H44ClNO/c1-3-5-7-12-18-30(19-13-8-6-4-2)28(31)26-21-25(26)23-16-17-24(27(29)20-23)22-14-10-9-11-15-22/h16-17,20,22,25-26H,3-15,18-19,21H2,1-2H3. The summed E-state index contributed by atoms with van der Waals surface area (Å²) < 4.78 is 0. The van der Waals surface area contributed by atoms with E-state index in [4.69, 9.17) is 11.6 Å². The van der Waals surface area contributed by atoms with Gasteiger partial charge in [-0.3, -0.25) is 4.79 Å². The molecule has 0 heterocycles. The summed E-state index contributed by atoms with van der Waals surface area (Å²) in [5, 5.41) is 0.929. The summed E-state index contributed by atoms with van der Waals surface area (Å²) in [5.74, 6) is 1.58. The van der Waals surface area contributed by atoms with Crippen LogP contribution in [-0.2, 0) is 4.79 Å². The molecule has 2 fully saturated rings. The summed E-state index contributed by atoms with van der Waals surface area (Å²) >= 11 is 6.73. The summed E-state index contributed by atoms with van der Waals surface area (Å²) in [7, 11) is 0. The predicted molar refractivity (Wildman–Crippen MR) is 133 cm³/mol. The molecule has 2 unspecified atom stereocenters. The van der Waals surface area contributed by atoms with Gasteiger partial charge in [0.1, 0.15) is 0 Å². The molecule has 1 aromatic carbocycles. The molecule has 0 N–H and O–H groups in total. The number of hydrogen-bond acceptors (Lipinski definition) is 1. The largest absolute Gasteiger partial charge is 0.342 e. The first-order valence-electron chi connectivity index (χ1n) is 13.2. The van der Waals surface area contributed by atoms with E-state index in [0.717, 1.165) is 37.4 Å². The van der Waals surface area contributed by atoms with Crippen LogP contribution in [0.2, 0.25) is 5.02 Å². The van der Waals surface area contributed by atoms with Gasteiger partial charge in [0.05, 0.1) is 0 Å². The Morgan fingerprint density at radius 1 is 0.935 bits per heavy atom. The normalized spacial score (nSPS) is 21.3. The van der Waals surface area contributed by atoms with Crippen LogP contribution in [0.15, 0.2) is 18.2 Å². The second-order valence-corrected chi connectivity index (χ2v) is 10.4. The van der Waals surface area contributed by atoms with Gasteiger partial charge in [0.2, 0.25) is 5.91 Å². The van der Waals surface area contributed by atoms with Crippen molar-refractivity contribution < 1.29 is 4.79 Å². The van der Waals surface area contributed by atoms with Gasteiger partial charge in [-0.2, -0.15) is 0 Å². The number of carbonyl (C=O) groups excluding carboxylic acids is 1. The number of amides is 1. The second-order valence-electron chi connectivity index (χ2n) is 10.0. The highest BCUT2D eigenvalue weighted by atomic mass is 35.5. The fraction of sp³-hybridized carbons (Fsp3) is 0.750. The van der Waals surface area contributed by atoms with Gasteiger partial charge in [-0.15, -0.1) is 0 Å². The highest BCUT2D eigenvalue weighted by Crippen LogP contribution is 2.50. The third-order valence-electron chi connectivity index (χ3n) is 7.48. The van der Waals surface area contributed by atoms with Crippen LogP contribution >= 0.6 is 11.6 Å². The molecule has 0 saturated heterocycles. The molecule has 1 aromatic rings. The molecule has 2 aliphatic rings. The maximum Gasteiger partial charge on any atom is 0.226 e. The smallest absolute Gasteiger partial charge is 0.226 e. The molecular weight excluding hydrogens is 402 g/mol. The summed E-state index contributed by atoms with van der Waals surface area (Å²) in [5.41, 5.74) is 2.61. The van der Waals surface area contributed by atoms with Crippen LogP contribution in [0, 0.1) is 5.92 Å². The molecule has 2 nitrogen and oxygen atoms in total. The molecule has 3 heteroatoms. The van der Waals surface area contributed by atoms with Crippen molar-refractivity contribution in [3.8, 4) is 0 Å². The molecule has 0 spiro atoms. The minimum atomic E-state index is 0.175. The topological polar surface area (TPSA) is 20.3 Å². The molecule has 174 valence electrons. The number of unbranched alkanes of at least 4 members (excludes halogenated alkanes) is 6. The van der Waals surface area contributed by atoms with Crippen LogP contribution in [0.5, 0.6) is 0 Å². The number of benzene rings is 1. The number of halogens is 1. The predicted octanol–water partition coefficient (Wildman–Crippen LogP) is 8.48. The van der Waals surface area contributed by atoms with E-state index in [0.29, 0.717) is 17.7 Å². The first-order valence-corrected chi connectivity index (χ1v) is 13.6. The number of nitrogens with zero attached hydrogens (tertiary/aromatic N) is 1. The Balaban J connectivity index is 1.57. The van der Waals surface area contributed by atoms with Crippen LogP contribution < -0.4 is 0 Å². The van der Waals surface area contributed by atoms with Crippen molar-refractivity contribution in [2.24, 2.45) is 5.92 Å². The summed E-state index contributed by atoms with van der Waals surface area (Å²) in [6.45, 7) is 6.37. The fourth-order valence-electron chi connectivity index (χ4n) is 5.38. The van der Waals surface area contributed by atoms with E-state index >= 15 is 0 Å². The van der Waals surface area contributed by atoms with Crippen LogP contribution in [0.1, 0.15) is 127 Å². The van der Waals surface area contributed by atoms with Crippen LogP contribution in [-0.4, -0.2) is 23.9 Å². The summed E-state index contributed by atoms with van der Waals surface area (Å²) in [6, 6.07) is 6.71. The minimum Gasteiger partial charge on any atom is -0.342 e. The minimum absolute atomic E-state index is 0.175. The first kappa shape index (κ1) is 24.6. The van der Waals surface area contributed by atoms with Crippen molar-refractivity contribution in [1.82, 2.24) is 4.90 Å². The molecule has 31 heavy (non-hydrogen) atoms. The number of hydrogen-bond donors (Lipinski definition) is 0. The van der Waals surface area contributed by atoms with Crippen LogP contribution in [0.25, 0.3) is 0 Å². The molecule has 0 aromatic heterocycles. The Hall–Kier alpha value is -1.02. The van der Waals surface area contributed by atoms with E-state index in [1.807, 2.05) is 0 Å². The Morgan fingerprint density at radius 3 is 2.16 bits per heavy atom. The first-order chi connectivity index (χ1) is 15.2. The summed E-state index contributed by atoms with van der Waals surface area (Å²) in [6.07, 6.45) is 17.4. The molecule has 3 rings (SSSR count). The van der Waals surface area contributed by atoms with Gasteiger partial charge in [-0.25, -0.2) is 0 Å². The summed E-state index contributed by atoms with van der Waals surface area (Å²) in [4.78, 5) is 15.5. The van der Waals surface area contributed by atoms with Gasteiger partial charge in [0.25, 0.3) is 0 Å². The lowest BCUT2D eigenvalue weighted by Gasteiger charge is -2.24. The van der Waals surface area contributed by atoms with Crippen molar-refractivity contribution >= 4 is 17.5 Å². The number of carbonyl (C=O) groups is 1. The van der Waals surface area contributed by atoms with Crippen LogP contribution in [0.4, 0.5) is 0 Å². The van der Waals surface area contributed by atoms with Crippen molar-refractivity contribution in [3.63, 3.8) is 0 Å². The average Bonchev–Trinajstić information content (AvgIpc) is 3.59. The molecule has 2 atom stereocenters. The fourth-order valence-corrected chi connectivity index (χ4v) is 5.72. The third kappa shape index (κ3) is 7.24. The monoisotopic (exact) mass is 445 g/mol. The van der Waals surface area contributed by atoms with Gasteiger partial charge in [0, 0.05) is 24.0 Å². The van der Waals surface area contributed by atoms with Gasteiger partial charge in [-0.05, 0) is 61.1 Å². The third-order valence-corrected chi connectivity index (χ3v) is 7.81. The Morgan fingerprint density at radius 2 is 1.58 bits per heavy atom. The zero-order chi connectivity index (χ0) is 22.1. The van der Waals surface area contributed by atoms with Crippen molar-refractivity contribution in [2.45, 2.75) is 116 Å². The zero-order valence-electron chi connectivity index (χ0n) is 20.0. The molecule has 1 amide bonds. The van der Waals surface area contributed by atoms with Gasteiger partial charge >= 0.3 is 0 Å². The Bertz CT molecular complexity index is 670. The zero-order valence-corrected chi connectivity index (χ0v) is 20.8. The van der Waals surface area contributed by atoms with E-state index < -0.39 is 0 Å². The highest BCUT2D eigenvalue weighted by molar-refractivity contribution is 6.31. The van der Waals surface area contributed by atoms with Gasteiger partial charge in [0.15, 0.2) is 0 Å². The maximum absolute atomic E-state index is 13.3. The number of rotatable bonds is 13. The Labute approximate surface area is 196 Å². The Kier molecular flexibility index (Phi) is 10.2. The van der Waals surface area contributed by atoms with E-state index in [2.05, 4.69) is 36.9 Å². The molecule has 0 bridgehead atoms. The van der Waals surface area contributed by atoms with E-state index in [1.165, 1.54) is 81.8 Å². The lowest BCUT2D eigenvalue weighted by atomic mass is 9.83. The van der Waals surface area contributed by atoms with Gasteiger partial charge < -0.3 is 4.90 Å². The maximum atomic E-state index is 13.3. The molecule has 0 radical (unpaired) electrons. The quantitative estimate of drug-likeness (QED) is 0.278. The van der Waals surface area contributed by atoms with Crippen molar-refractivity contribution in [3.05, 3.63) is 34.3 Å². The highest BCUT2D eigenvalue weighted by Gasteiger charge is 2.45. The van der Waals surface area contributed by atoms with Gasteiger partial charge in [-0.1, -0.05) is 95.4 Å². The average molecular weight is 446 g/mol. The molecule has 2 saturated carbocycles. The van der Waals surface area contributed by atoms with Crippen molar-refractivity contribution in [1.29, 1.82) is 0 Å². The van der Waals surface area contributed by atoms with E-state index in [-0.39, 0.29) is 5.92 Å². The lowest BCUT2D eigenvalue weighted by Crippen LogP contribution is -2.34. The molecule has 0 aliphatic heterocycles. The molecular formula is C28H44ClNO. The van der Waals surface area contributed by atoms with E-state index in [1.54, 1.807) is 0 Å². The van der Waals surface area contributed by atoms with E-state index in [9.17, 15) is 4.79 Å². The molecule has 2 aliphatic carbocycles. The van der Waals surface area contributed by atoms with Crippen LogP contribution in [0.3, 0.4) is 0 Å². The second kappa shape index (κ2) is 12.9.